The molecular weight excluding hydrogens is 217 g/mol. The van der Waals surface area contributed by atoms with Gasteiger partial charge in [0.1, 0.15) is 6.04 Å². The van der Waals surface area contributed by atoms with Gasteiger partial charge in [-0.3, -0.25) is 0 Å². The molecule has 1 nitrogen and oxygen atoms in total. The average molecular weight is 225 g/mol. The summed E-state index contributed by atoms with van der Waals surface area (Å²) in [5, 5.41) is 0. The monoisotopic (exact) mass is 225 g/mol. The van der Waals surface area contributed by atoms with Crippen LogP contribution in [0.3, 0.4) is 0 Å². The van der Waals surface area contributed by atoms with Crippen molar-refractivity contribution in [2.24, 2.45) is 5.73 Å². The smallest absolute Gasteiger partial charge is 0.316 e. The Bertz CT molecular complexity index is 372. The van der Waals surface area contributed by atoms with Crippen LogP contribution in [0.1, 0.15) is 17.2 Å². The lowest BCUT2D eigenvalue weighted by Gasteiger charge is -2.17. The van der Waals surface area contributed by atoms with Gasteiger partial charge in [0.25, 0.3) is 0 Å². The van der Waals surface area contributed by atoms with E-state index < -0.39 is 29.4 Å². The first kappa shape index (κ1) is 11.9. The molecule has 0 amide bonds. The maximum absolute atomic E-state index is 13.1. The number of alkyl halides is 3. The quantitative estimate of drug-likeness (QED) is 0.730. The largest absolute Gasteiger partial charge is 0.407 e. The first-order chi connectivity index (χ1) is 6.75. The summed E-state index contributed by atoms with van der Waals surface area (Å²) in [5.74, 6) is -2.84. The number of nitrogens with two attached hydrogens (primary N) is 1. The number of benzene rings is 1. The van der Waals surface area contributed by atoms with Crippen LogP contribution in [0.15, 0.2) is 12.1 Å². The van der Waals surface area contributed by atoms with Crippen molar-refractivity contribution in [2.45, 2.75) is 19.1 Å². The van der Waals surface area contributed by atoms with E-state index in [1.165, 1.54) is 6.92 Å². The van der Waals surface area contributed by atoms with E-state index in [0.29, 0.717) is 0 Å². The van der Waals surface area contributed by atoms with E-state index in [0.717, 1.165) is 12.1 Å². The second kappa shape index (κ2) is 3.77. The lowest BCUT2D eigenvalue weighted by Crippen LogP contribution is -2.29. The Morgan fingerprint density at radius 2 is 1.67 bits per heavy atom. The molecule has 0 aromatic heterocycles. The van der Waals surface area contributed by atoms with E-state index in [9.17, 15) is 22.0 Å². The zero-order valence-electron chi connectivity index (χ0n) is 7.70. The summed E-state index contributed by atoms with van der Waals surface area (Å²) in [7, 11) is 0. The standard InChI is InChI=1S/C9H8F5N/c1-4-2-3-5(7(11)6(4)10)8(15)9(12,13)14/h2-3,8H,15H2,1H3/t8-/m1/s1. The summed E-state index contributed by atoms with van der Waals surface area (Å²) in [6.45, 7) is 1.25. The van der Waals surface area contributed by atoms with Gasteiger partial charge in [-0.25, -0.2) is 8.78 Å². The molecule has 0 unspecified atom stereocenters. The molecule has 0 aliphatic carbocycles. The molecule has 0 saturated heterocycles. The van der Waals surface area contributed by atoms with E-state index in [1.807, 2.05) is 0 Å². The second-order valence-electron chi connectivity index (χ2n) is 3.12. The summed E-state index contributed by atoms with van der Waals surface area (Å²) < 4.78 is 62.4. The first-order valence-electron chi connectivity index (χ1n) is 4.02. The van der Waals surface area contributed by atoms with Gasteiger partial charge < -0.3 is 5.73 Å². The Kier molecular flexibility index (Phi) is 2.99. The Hall–Kier alpha value is -1.17. The van der Waals surface area contributed by atoms with E-state index in [2.05, 4.69) is 0 Å². The van der Waals surface area contributed by atoms with Crippen LogP contribution in [0.5, 0.6) is 0 Å². The highest BCUT2D eigenvalue weighted by molar-refractivity contribution is 5.28. The molecule has 1 aromatic carbocycles. The number of aryl methyl sites for hydroxylation is 1. The van der Waals surface area contributed by atoms with Gasteiger partial charge in [0.15, 0.2) is 11.6 Å². The van der Waals surface area contributed by atoms with Gasteiger partial charge in [0.05, 0.1) is 0 Å². The van der Waals surface area contributed by atoms with Crippen molar-refractivity contribution >= 4 is 0 Å². The van der Waals surface area contributed by atoms with Crippen LogP contribution < -0.4 is 5.73 Å². The highest BCUT2D eigenvalue weighted by Crippen LogP contribution is 2.32. The minimum Gasteiger partial charge on any atom is -0.316 e. The number of hydrogen-bond acceptors (Lipinski definition) is 1. The molecule has 0 aliphatic rings. The number of rotatable bonds is 1. The first-order valence-corrected chi connectivity index (χ1v) is 4.02. The molecule has 6 heteroatoms. The topological polar surface area (TPSA) is 26.0 Å². The molecule has 0 fully saturated rings. The Labute approximate surface area is 82.7 Å². The third-order valence-electron chi connectivity index (χ3n) is 1.99. The number of halogens is 5. The van der Waals surface area contributed by atoms with Gasteiger partial charge in [-0.15, -0.1) is 0 Å². The molecule has 0 saturated carbocycles. The van der Waals surface area contributed by atoms with Gasteiger partial charge in [-0.05, 0) is 12.5 Å². The van der Waals surface area contributed by atoms with Crippen molar-refractivity contribution in [1.29, 1.82) is 0 Å². The van der Waals surface area contributed by atoms with Crippen molar-refractivity contribution in [3.63, 3.8) is 0 Å². The molecule has 0 heterocycles. The van der Waals surface area contributed by atoms with Crippen LogP contribution in [0, 0.1) is 18.6 Å². The highest BCUT2D eigenvalue weighted by atomic mass is 19.4. The molecule has 84 valence electrons. The van der Waals surface area contributed by atoms with Crippen LogP contribution in [-0.2, 0) is 0 Å². The normalized spacial score (nSPS) is 14.1. The third kappa shape index (κ3) is 2.26. The van der Waals surface area contributed by atoms with Crippen LogP contribution in [0.4, 0.5) is 22.0 Å². The fourth-order valence-corrected chi connectivity index (χ4v) is 1.08. The molecule has 1 atom stereocenters. The van der Waals surface area contributed by atoms with Gasteiger partial charge in [0.2, 0.25) is 0 Å². The van der Waals surface area contributed by atoms with Crippen molar-refractivity contribution in [3.05, 3.63) is 34.9 Å². The highest BCUT2D eigenvalue weighted by Gasteiger charge is 2.39. The van der Waals surface area contributed by atoms with E-state index in [4.69, 9.17) is 5.73 Å². The van der Waals surface area contributed by atoms with Crippen LogP contribution in [0.25, 0.3) is 0 Å². The molecular formula is C9H8F5N. The predicted octanol–water partition coefficient (Wildman–Crippen LogP) is 2.84. The molecule has 2 N–H and O–H groups in total. The van der Waals surface area contributed by atoms with Crippen molar-refractivity contribution in [2.75, 3.05) is 0 Å². The molecule has 1 aromatic rings. The van der Waals surface area contributed by atoms with Crippen LogP contribution >= 0.6 is 0 Å². The summed E-state index contributed by atoms with van der Waals surface area (Å²) in [6, 6.07) is -0.613. The van der Waals surface area contributed by atoms with Crippen molar-refractivity contribution in [3.8, 4) is 0 Å². The molecule has 1 rings (SSSR count). The van der Waals surface area contributed by atoms with E-state index >= 15 is 0 Å². The zero-order chi connectivity index (χ0) is 11.8. The summed E-state index contributed by atoms with van der Waals surface area (Å²) in [6.07, 6.45) is -4.79. The van der Waals surface area contributed by atoms with Crippen LogP contribution in [-0.4, -0.2) is 6.18 Å². The minimum atomic E-state index is -4.79. The molecule has 0 bridgehead atoms. The SMILES string of the molecule is Cc1ccc([C@@H](N)C(F)(F)F)c(F)c1F. The minimum absolute atomic E-state index is 0.0642. The fourth-order valence-electron chi connectivity index (χ4n) is 1.08. The fraction of sp³-hybridized carbons (Fsp3) is 0.333. The van der Waals surface area contributed by atoms with E-state index in [-0.39, 0.29) is 5.56 Å². The van der Waals surface area contributed by atoms with Gasteiger partial charge in [-0.2, -0.15) is 13.2 Å². The lowest BCUT2D eigenvalue weighted by atomic mass is 10.0. The average Bonchev–Trinajstić information content (AvgIpc) is 2.12. The molecule has 0 aliphatic heterocycles. The van der Waals surface area contributed by atoms with Crippen molar-refractivity contribution in [1.82, 2.24) is 0 Å². The van der Waals surface area contributed by atoms with Gasteiger partial charge in [0, 0.05) is 5.56 Å². The summed E-state index contributed by atoms with van der Waals surface area (Å²) in [5.41, 5.74) is 3.81. The predicted molar refractivity (Wildman–Crippen MR) is 44.1 cm³/mol. The Morgan fingerprint density at radius 3 is 2.13 bits per heavy atom. The van der Waals surface area contributed by atoms with Crippen LogP contribution in [0.2, 0.25) is 0 Å². The van der Waals surface area contributed by atoms with Gasteiger partial charge >= 0.3 is 6.18 Å². The Morgan fingerprint density at radius 1 is 1.13 bits per heavy atom. The third-order valence-corrected chi connectivity index (χ3v) is 1.99. The molecule has 15 heavy (non-hydrogen) atoms. The zero-order valence-corrected chi connectivity index (χ0v) is 7.70. The summed E-state index contributed by atoms with van der Waals surface area (Å²) in [4.78, 5) is 0. The maximum Gasteiger partial charge on any atom is 0.407 e. The van der Waals surface area contributed by atoms with Crippen molar-refractivity contribution < 1.29 is 22.0 Å². The second-order valence-corrected chi connectivity index (χ2v) is 3.12. The summed E-state index contributed by atoms with van der Waals surface area (Å²) >= 11 is 0. The molecule has 0 radical (unpaired) electrons. The maximum atomic E-state index is 13.1. The Balaban J connectivity index is 3.23. The lowest BCUT2D eigenvalue weighted by molar-refractivity contribution is -0.149. The van der Waals surface area contributed by atoms with E-state index in [1.54, 1.807) is 0 Å². The number of hydrogen-bond donors (Lipinski definition) is 1. The van der Waals surface area contributed by atoms with Gasteiger partial charge in [-0.1, -0.05) is 12.1 Å². The molecule has 0 spiro atoms.